The summed E-state index contributed by atoms with van der Waals surface area (Å²) in [6.07, 6.45) is -1.88. The number of fused-ring (bicyclic) bond motifs is 1. The van der Waals surface area contributed by atoms with Gasteiger partial charge in [0, 0.05) is 0 Å². The maximum absolute atomic E-state index is 10.7. The van der Waals surface area contributed by atoms with Crippen LogP contribution in [0.4, 0.5) is 0 Å². The second kappa shape index (κ2) is 8.65. The third-order valence-corrected chi connectivity index (χ3v) is 6.57. The number of methoxy groups -OCH3 is 1. The highest BCUT2D eigenvalue weighted by Crippen LogP contribution is 2.39. The summed E-state index contributed by atoms with van der Waals surface area (Å²) < 4.78 is 11.1. The molecule has 30 heavy (non-hydrogen) atoms. The molecule has 0 spiro atoms. The van der Waals surface area contributed by atoms with E-state index in [1.54, 1.807) is 7.11 Å². The van der Waals surface area contributed by atoms with Crippen molar-refractivity contribution in [3.8, 4) is 5.75 Å². The molecule has 0 unspecified atom stereocenters. The van der Waals surface area contributed by atoms with E-state index < -0.39 is 37.1 Å². The van der Waals surface area contributed by atoms with Crippen LogP contribution in [0.1, 0.15) is 45.9 Å². The van der Waals surface area contributed by atoms with Gasteiger partial charge in [0.2, 0.25) is 0 Å². The molecule has 2 aromatic rings. The Morgan fingerprint density at radius 3 is 2.37 bits per heavy atom. The van der Waals surface area contributed by atoms with Crippen molar-refractivity contribution < 1.29 is 29.9 Å². The summed E-state index contributed by atoms with van der Waals surface area (Å²) in [4.78, 5) is 0. The van der Waals surface area contributed by atoms with E-state index in [1.807, 2.05) is 31.2 Å². The molecule has 162 valence electrons. The Hall–Kier alpha value is -1.96. The van der Waals surface area contributed by atoms with E-state index >= 15 is 0 Å². The largest absolute Gasteiger partial charge is 0.497 e. The highest BCUT2D eigenvalue weighted by molar-refractivity contribution is 5.50. The predicted octanol–water partition coefficient (Wildman–Crippen LogP) is 1.60. The molecule has 6 heteroatoms. The van der Waals surface area contributed by atoms with E-state index in [-0.39, 0.29) is 0 Å². The maximum Gasteiger partial charge on any atom is 0.118 e. The second-order valence-electron chi connectivity index (χ2n) is 8.33. The van der Waals surface area contributed by atoms with Crippen molar-refractivity contribution in [3.63, 3.8) is 0 Å². The van der Waals surface area contributed by atoms with E-state index in [0.29, 0.717) is 0 Å². The number of ether oxygens (including phenoxy) is 2. The number of aliphatic hydroxyl groups excluding tert-OH is 4. The molecule has 0 saturated carbocycles. The third kappa shape index (κ3) is 3.74. The van der Waals surface area contributed by atoms with Crippen molar-refractivity contribution in [2.75, 3.05) is 13.7 Å². The average molecular weight is 414 g/mol. The van der Waals surface area contributed by atoms with Crippen molar-refractivity contribution in [3.05, 3.63) is 63.7 Å². The molecule has 1 aliphatic carbocycles. The van der Waals surface area contributed by atoms with Gasteiger partial charge in [-0.05, 0) is 78.1 Å². The SMILES string of the molecule is COc1ccc(Cc2cc([C@@H]3O[C@H](CO)[C@@H](O)[C@H](O)[C@H]3O)c(C)c3c2CCC3)cc1. The number of benzene rings is 2. The van der Waals surface area contributed by atoms with Gasteiger partial charge in [-0.3, -0.25) is 0 Å². The molecule has 0 aromatic heterocycles. The van der Waals surface area contributed by atoms with Crippen LogP contribution in [0.25, 0.3) is 0 Å². The smallest absolute Gasteiger partial charge is 0.118 e. The van der Waals surface area contributed by atoms with Crippen LogP contribution in [0.3, 0.4) is 0 Å². The molecule has 5 atom stereocenters. The molecule has 2 aromatic carbocycles. The first-order valence-electron chi connectivity index (χ1n) is 10.5. The second-order valence-corrected chi connectivity index (χ2v) is 8.33. The quantitative estimate of drug-likeness (QED) is 0.593. The van der Waals surface area contributed by atoms with Crippen LogP contribution in [0.2, 0.25) is 0 Å². The van der Waals surface area contributed by atoms with Gasteiger partial charge in [0.1, 0.15) is 36.3 Å². The first-order valence-corrected chi connectivity index (χ1v) is 10.5. The molecule has 0 amide bonds. The minimum Gasteiger partial charge on any atom is -0.497 e. The summed E-state index contributed by atoms with van der Waals surface area (Å²) in [7, 11) is 1.65. The summed E-state index contributed by atoms with van der Waals surface area (Å²) in [5.74, 6) is 0.815. The van der Waals surface area contributed by atoms with Gasteiger partial charge in [0.05, 0.1) is 13.7 Å². The molecule has 2 aliphatic rings. The summed E-state index contributed by atoms with van der Waals surface area (Å²) in [5.41, 5.74) is 6.87. The Morgan fingerprint density at radius 1 is 1.00 bits per heavy atom. The third-order valence-electron chi connectivity index (χ3n) is 6.57. The topological polar surface area (TPSA) is 99.4 Å². The van der Waals surface area contributed by atoms with Crippen LogP contribution >= 0.6 is 0 Å². The van der Waals surface area contributed by atoms with Gasteiger partial charge < -0.3 is 29.9 Å². The van der Waals surface area contributed by atoms with Gasteiger partial charge in [0.25, 0.3) is 0 Å². The summed E-state index contributed by atoms with van der Waals surface area (Å²) in [6, 6.07) is 10.1. The molecular formula is C24H30O6. The van der Waals surface area contributed by atoms with Gasteiger partial charge in [0.15, 0.2) is 0 Å². The highest BCUT2D eigenvalue weighted by atomic mass is 16.5. The van der Waals surface area contributed by atoms with Crippen LogP contribution in [0, 0.1) is 6.92 Å². The Morgan fingerprint density at radius 2 is 1.70 bits per heavy atom. The van der Waals surface area contributed by atoms with Crippen molar-refractivity contribution in [1.29, 1.82) is 0 Å². The first-order chi connectivity index (χ1) is 14.4. The lowest BCUT2D eigenvalue weighted by Gasteiger charge is -2.41. The number of aliphatic hydroxyl groups is 4. The maximum atomic E-state index is 10.7. The normalized spacial score (nSPS) is 28.4. The van der Waals surface area contributed by atoms with E-state index in [0.717, 1.165) is 48.1 Å². The Balaban J connectivity index is 1.72. The Kier molecular flexibility index (Phi) is 6.14. The van der Waals surface area contributed by atoms with Gasteiger partial charge in [-0.25, -0.2) is 0 Å². The molecule has 0 bridgehead atoms. The van der Waals surface area contributed by atoms with Crippen LogP contribution in [-0.2, 0) is 24.0 Å². The summed E-state index contributed by atoms with van der Waals surface area (Å²) in [6.45, 7) is 1.60. The number of hydrogen-bond acceptors (Lipinski definition) is 6. The van der Waals surface area contributed by atoms with Crippen LogP contribution in [-0.4, -0.2) is 58.6 Å². The Bertz CT molecular complexity index is 892. The fraction of sp³-hybridized carbons (Fsp3) is 0.500. The number of hydrogen-bond donors (Lipinski definition) is 4. The molecule has 4 rings (SSSR count). The molecule has 6 nitrogen and oxygen atoms in total. The molecular weight excluding hydrogens is 384 g/mol. The van der Waals surface area contributed by atoms with Crippen molar-refractivity contribution in [2.45, 2.75) is 63.1 Å². The fourth-order valence-corrected chi connectivity index (χ4v) is 4.84. The minimum absolute atomic E-state index is 0.426. The average Bonchev–Trinajstić information content (AvgIpc) is 3.26. The summed E-state index contributed by atoms with van der Waals surface area (Å²) in [5, 5.41) is 40.6. The van der Waals surface area contributed by atoms with Crippen molar-refractivity contribution >= 4 is 0 Å². The van der Waals surface area contributed by atoms with Crippen molar-refractivity contribution in [2.24, 2.45) is 0 Å². The molecule has 1 heterocycles. The van der Waals surface area contributed by atoms with Gasteiger partial charge in [-0.2, -0.15) is 0 Å². The highest BCUT2D eigenvalue weighted by Gasteiger charge is 2.44. The van der Waals surface area contributed by atoms with E-state index in [9.17, 15) is 20.4 Å². The van der Waals surface area contributed by atoms with Crippen LogP contribution < -0.4 is 4.74 Å². The van der Waals surface area contributed by atoms with Gasteiger partial charge in [-0.15, -0.1) is 0 Å². The molecule has 1 fully saturated rings. The standard InChI is InChI=1S/C24H30O6/c1-13-17-4-3-5-18(17)15(10-14-6-8-16(29-2)9-7-14)11-19(13)24-23(28)22(27)21(26)20(12-25)30-24/h6-9,11,20-28H,3-5,10,12H2,1-2H3/t20-,21-,22+,23-,24+/m1/s1. The van der Waals surface area contributed by atoms with Crippen molar-refractivity contribution in [1.82, 2.24) is 0 Å². The first kappa shape index (κ1) is 21.3. The minimum atomic E-state index is -1.38. The molecule has 0 radical (unpaired) electrons. The monoisotopic (exact) mass is 414 g/mol. The Labute approximate surface area is 176 Å². The molecule has 4 N–H and O–H groups in total. The van der Waals surface area contributed by atoms with E-state index in [4.69, 9.17) is 9.47 Å². The fourth-order valence-electron chi connectivity index (χ4n) is 4.84. The van der Waals surface area contributed by atoms with Crippen LogP contribution in [0.5, 0.6) is 5.75 Å². The zero-order valence-corrected chi connectivity index (χ0v) is 17.4. The van der Waals surface area contributed by atoms with E-state index in [1.165, 1.54) is 16.7 Å². The predicted molar refractivity (Wildman–Crippen MR) is 112 cm³/mol. The van der Waals surface area contributed by atoms with Gasteiger partial charge in [-0.1, -0.05) is 18.2 Å². The van der Waals surface area contributed by atoms with E-state index in [2.05, 4.69) is 6.07 Å². The zero-order valence-electron chi connectivity index (χ0n) is 17.4. The molecule has 1 saturated heterocycles. The van der Waals surface area contributed by atoms with Gasteiger partial charge >= 0.3 is 0 Å². The lowest BCUT2D eigenvalue weighted by Crippen LogP contribution is -2.55. The molecule has 1 aliphatic heterocycles. The summed E-state index contributed by atoms with van der Waals surface area (Å²) >= 11 is 0. The lowest BCUT2D eigenvalue weighted by molar-refractivity contribution is -0.231. The number of rotatable bonds is 5. The lowest BCUT2D eigenvalue weighted by atomic mass is 9.84. The van der Waals surface area contributed by atoms with Crippen LogP contribution in [0.15, 0.2) is 30.3 Å². The zero-order chi connectivity index (χ0) is 21.4.